The maximum atomic E-state index is 8.62. The van der Waals surface area contributed by atoms with Gasteiger partial charge in [0, 0.05) is 12.1 Å². The van der Waals surface area contributed by atoms with E-state index in [1.165, 1.54) is 0 Å². The molecule has 56 valence electrons. The van der Waals surface area contributed by atoms with E-state index in [1.807, 2.05) is 6.92 Å². The minimum atomic E-state index is 0.227. The van der Waals surface area contributed by atoms with Crippen molar-refractivity contribution in [2.75, 3.05) is 6.61 Å². The van der Waals surface area contributed by atoms with E-state index in [1.54, 1.807) is 0 Å². The van der Waals surface area contributed by atoms with E-state index in [9.17, 15) is 0 Å². The Kier molecular flexibility index (Phi) is 4.72. The summed E-state index contributed by atoms with van der Waals surface area (Å²) in [6.07, 6.45) is 1.12. The summed E-state index contributed by atoms with van der Waals surface area (Å²) < 4.78 is 0. The number of aliphatic hydroxyl groups excluding tert-OH is 1. The predicted octanol–water partition coefficient (Wildman–Crippen LogP) is 0.755. The standard InChI is InChI=1S/C7H17NO/c1-4-6(2)8-7(3)5-9/h6-9H,4-5H2,1-3H3/t6-,7?/m1/s1. The van der Waals surface area contributed by atoms with Crippen LogP contribution in [0.3, 0.4) is 0 Å². The molecular weight excluding hydrogens is 114 g/mol. The van der Waals surface area contributed by atoms with Gasteiger partial charge in [-0.05, 0) is 20.3 Å². The lowest BCUT2D eigenvalue weighted by Gasteiger charge is -2.15. The monoisotopic (exact) mass is 131 g/mol. The van der Waals surface area contributed by atoms with Crippen molar-refractivity contribution in [3.63, 3.8) is 0 Å². The molecule has 0 aliphatic carbocycles. The van der Waals surface area contributed by atoms with Crippen LogP contribution in [0, 0.1) is 0 Å². The fourth-order valence-electron chi connectivity index (χ4n) is 0.656. The number of hydrogen-bond donors (Lipinski definition) is 2. The van der Waals surface area contributed by atoms with Crippen molar-refractivity contribution in [3.05, 3.63) is 0 Å². The normalized spacial score (nSPS) is 17.3. The largest absolute Gasteiger partial charge is 0.395 e. The van der Waals surface area contributed by atoms with Gasteiger partial charge < -0.3 is 10.4 Å². The second-order valence-electron chi connectivity index (χ2n) is 2.56. The number of hydrogen-bond acceptors (Lipinski definition) is 2. The van der Waals surface area contributed by atoms with Gasteiger partial charge >= 0.3 is 0 Å². The quantitative estimate of drug-likeness (QED) is 0.590. The Bertz CT molecular complexity index is 57.9. The molecule has 0 fully saturated rings. The maximum absolute atomic E-state index is 8.62. The summed E-state index contributed by atoms with van der Waals surface area (Å²) in [6.45, 7) is 6.45. The highest BCUT2D eigenvalue weighted by molar-refractivity contribution is 4.63. The van der Waals surface area contributed by atoms with Crippen LogP contribution in [0.4, 0.5) is 0 Å². The molecule has 0 rings (SSSR count). The maximum Gasteiger partial charge on any atom is 0.0582 e. The van der Waals surface area contributed by atoms with Crippen LogP contribution in [0.5, 0.6) is 0 Å². The third-order valence-electron chi connectivity index (χ3n) is 1.46. The summed E-state index contributed by atoms with van der Waals surface area (Å²) in [6, 6.07) is 0.757. The zero-order valence-corrected chi connectivity index (χ0v) is 6.52. The zero-order valence-electron chi connectivity index (χ0n) is 6.52. The lowest BCUT2D eigenvalue weighted by Crippen LogP contribution is -2.36. The van der Waals surface area contributed by atoms with E-state index in [0.717, 1.165) is 6.42 Å². The first-order chi connectivity index (χ1) is 4.20. The Morgan fingerprint density at radius 2 is 1.89 bits per heavy atom. The number of nitrogens with one attached hydrogen (secondary N) is 1. The van der Waals surface area contributed by atoms with Gasteiger partial charge in [0.15, 0.2) is 0 Å². The molecule has 0 bridgehead atoms. The van der Waals surface area contributed by atoms with Crippen LogP contribution >= 0.6 is 0 Å². The van der Waals surface area contributed by atoms with Crippen LogP contribution in [0.2, 0.25) is 0 Å². The van der Waals surface area contributed by atoms with E-state index >= 15 is 0 Å². The van der Waals surface area contributed by atoms with Crippen LogP contribution in [0.15, 0.2) is 0 Å². The van der Waals surface area contributed by atoms with Crippen molar-refractivity contribution in [2.45, 2.75) is 39.3 Å². The minimum absolute atomic E-state index is 0.227. The van der Waals surface area contributed by atoms with E-state index in [2.05, 4.69) is 19.2 Å². The molecule has 0 saturated heterocycles. The van der Waals surface area contributed by atoms with Crippen molar-refractivity contribution < 1.29 is 5.11 Å². The van der Waals surface area contributed by atoms with Gasteiger partial charge in [-0.2, -0.15) is 0 Å². The van der Waals surface area contributed by atoms with Gasteiger partial charge in [0.25, 0.3) is 0 Å². The van der Waals surface area contributed by atoms with E-state index < -0.39 is 0 Å². The molecule has 1 unspecified atom stereocenters. The summed E-state index contributed by atoms with van der Waals surface area (Å²) in [4.78, 5) is 0. The average molecular weight is 131 g/mol. The fourth-order valence-corrected chi connectivity index (χ4v) is 0.656. The third-order valence-corrected chi connectivity index (χ3v) is 1.46. The van der Waals surface area contributed by atoms with Gasteiger partial charge in [0.1, 0.15) is 0 Å². The Morgan fingerprint density at radius 3 is 2.22 bits per heavy atom. The van der Waals surface area contributed by atoms with Gasteiger partial charge in [0.05, 0.1) is 6.61 Å². The molecule has 0 aromatic heterocycles. The van der Waals surface area contributed by atoms with Gasteiger partial charge in [-0.3, -0.25) is 0 Å². The lowest BCUT2D eigenvalue weighted by atomic mass is 10.2. The molecule has 0 spiro atoms. The second-order valence-corrected chi connectivity index (χ2v) is 2.56. The van der Waals surface area contributed by atoms with Crippen molar-refractivity contribution in [2.24, 2.45) is 0 Å². The minimum Gasteiger partial charge on any atom is -0.395 e. The smallest absolute Gasteiger partial charge is 0.0582 e. The summed E-state index contributed by atoms with van der Waals surface area (Å²) >= 11 is 0. The first kappa shape index (κ1) is 8.92. The van der Waals surface area contributed by atoms with Crippen LogP contribution in [0.1, 0.15) is 27.2 Å². The topological polar surface area (TPSA) is 32.3 Å². The molecule has 0 saturated carbocycles. The van der Waals surface area contributed by atoms with Crippen molar-refractivity contribution in [1.29, 1.82) is 0 Å². The molecule has 9 heavy (non-hydrogen) atoms. The zero-order chi connectivity index (χ0) is 7.28. The molecule has 0 radical (unpaired) electrons. The SMILES string of the molecule is CC[C@@H](C)NC(C)CO. The molecule has 0 aliphatic rings. The molecule has 2 nitrogen and oxygen atoms in total. The summed E-state index contributed by atoms with van der Waals surface area (Å²) in [5.41, 5.74) is 0. The molecule has 0 aromatic rings. The van der Waals surface area contributed by atoms with Crippen LogP contribution in [0.25, 0.3) is 0 Å². The Labute approximate surface area is 57.3 Å². The van der Waals surface area contributed by atoms with Crippen LogP contribution < -0.4 is 5.32 Å². The molecule has 2 atom stereocenters. The highest BCUT2D eigenvalue weighted by Gasteiger charge is 2.01. The van der Waals surface area contributed by atoms with Gasteiger partial charge in [-0.25, -0.2) is 0 Å². The second kappa shape index (κ2) is 4.77. The van der Waals surface area contributed by atoms with Crippen molar-refractivity contribution >= 4 is 0 Å². The molecule has 0 aliphatic heterocycles. The first-order valence-corrected chi connectivity index (χ1v) is 3.57. The first-order valence-electron chi connectivity index (χ1n) is 3.57. The molecule has 0 amide bonds. The van der Waals surface area contributed by atoms with E-state index in [-0.39, 0.29) is 12.6 Å². The van der Waals surface area contributed by atoms with Gasteiger partial charge in [0.2, 0.25) is 0 Å². The molecule has 0 aromatic carbocycles. The average Bonchev–Trinajstić information content (AvgIpc) is 1.87. The van der Waals surface area contributed by atoms with E-state index in [4.69, 9.17) is 5.11 Å². The van der Waals surface area contributed by atoms with Gasteiger partial charge in [-0.1, -0.05) is 6.92 Å². The summed E-state index contributed by atoms with van der Waals surface area (Å²) in [5, 5.41) is 11.8. The lowest BCUT2D eigenvalue weighted by molar-refractivity contribution is 0.242. The molecule has 2 heteroatoms. The number of rotatable bonds is 4. The van der Waals surface area contributed by atoms with Crippen molar-refractivity contribution in [1.82, 2.24) is 5.32 Å². The highest BCUT2D eigenvalue weighted by Crippen LogP contribution is 1.89. The van der Waals surface area contributed by atoms with Crippen LogP contribution in [-0.2, 0) is 0 Å². The Balaban J connectivity index is 3.22. The third kappa shape index (κ3) is 4.43. The van der Waals surface area contributed by atoms with E-state index in [0.29, 0.717) is 6.04 Å². The number of aliphatic hydroxyl groups is 1. The predicted molar refractivity (Wildman–Crippen MR) is 39.4 cm³/mol. The van der Waals surface area contributed by atoms with Crippen LogP contribution in [-0.4, -0.2) is 23.8 Å². The fraction of sp³-hybridized carbons (Fsp3) is 1.00. The van der Waals surface area contributed by atoms with Crippen molar-refractivity contribution in [3.8, 4) is 0 Å². The van der Waals surface area contributed by atoms with Gasteiger partial charge in [-0.15, -0.1) is 0 Å². The highest BCUT2D eigenvalue weighted by atomic mass is 16.3. The summed E-state index contributed by atoms with van der Waals surface area (Å²) in [5.74, 6) is 0. The molecule has 0 heterocycles. The Hall–Kier alpha value is -0.0800. The summed E-state index contributed by atoms with van der Waals surface area (Å²) in [7, 11) is 0. The molecule has 2 N–H and O–H groups in total. The molecular formula is C7H17NO. The Morgan fingerprint density at radius 1 is 1.33 bits per heavy atom.